The highest BCUT2D eigenvalue weighted by molar-refractivity contribution is 7.98. The van der Waals surface area contributed by atoms with Crippen molar-refractivity contribution in [3.8, 4) is 11.5 Å². The van der Waals surface area contributed by atoms with Crippen molar-refractivity contribution in [2.24, 2.45) is 11.7 Å². The minimum Gasteiger partial charge on any atom is -0.429 e. The molecule has 2 aliphatic rings. The molecular weight excluding hydrogens is 489 g/mol. The molecule has 0 aliphatic carbocycles. The molecule has 2 aliphatic heterocycles. The van der Waals surface area contributed by atoms with Gasteiger partial charge in [0, 0.05) is 42.4 Å². The number of nitrogens with one attached hydrogen (secondary N) is 1. The van der Waals surface area contributed by atoms with Gasteiger partial charge in [0.2, 0.25) is 5.91 Å². The number of primary amides is 1. The van der Waals surface area contributed by atoms with Crippen molar-refractivity contribution in [3.05, 3.63) is 53.3 Å². The summed E-state index contributed by atoms with van der Waals surface area (Å²) in [6.07, 6.45) is 0.0517. The maximum atomic E-state index is 15.1. The van der Waals surface area contributed by atoms with E-state index < -0.39 is 11.9 Å². The molecule has 194 valence electrons. The van der Waals surface area contributed by atoms with E-state index in [2.05, 4.69) is 4.72 Å². The largest absolute Gasteiger partial charge is 0.429 e. The molecule has 0 bridgehead atoms. The summed E-state index contributed by atoms with van der Waals surface area (Å²) >= 11 is 1.22. The van der Waals surface area contributed by atoms with Gasteiger partial charge in [-0.3, -0.25) is 14.5 Å². The van der Waals surface area contributed by atoms with Gasteiger partial charge in [-0.05, 0) is 45.8 Å². The van der Waals surface area contributed by atoms with Gasteiger partial charge in [-0.25, -0.2) is 13.5 Å². The Morgan fingerprint density at radius 1 is 1.33 bits per heavy atom. The molecule has 1 saturated heterocycles. The molecule has 2 heterocycles. The zero-order valence-corrected chi connectivity index (χ0v) is 21.2. The summed E-state index contributed by atoms with van der Waals surface area (Å²) in [7, 11) is 6.00. The van der Waals surface area contributed by atoms with Gasteiger partial charge in [0.1, 0.15) is 11.5 Å². The molecule has 1 fully saturated rings. The first-order chi connectivity index (χ1) is 17.2. The second kappa shape index (κ2) is 12.6. The average Bonchev–Trinajstić information content (AvgIpc) is 3.29. The van der Waals surface area contributed by atoms with Crippen molar-refractivity contribution in [2.75, 3.05) is 39.0 Å². The van der Waals surface area contributed by atoms with Gasteiger partial charge in [0.05, 0.1) is 24.7 Å². The number of benzene rings is 2. The molecule has 36 heavy (non-hydrogen) atoms. The Bertz CT molecular complexity index is 1100. The Kier molecular flexibility index (Phi) is 9.51. The number of hydrogen-bond acceptors (Lipinski definition) is 9. The first-order valence-electron chi connectivity index (χ1n) is 11.2. The average molecular weight is 520 g/mol. The summed E-state index contributed by atoms with van der Waals surface area (Å²) in [4.78, 5) is 37.6. The summed E-state index contributed by atoms with van der Waals surface area (Å²) in [6, 6.07) is 9.65. The van der Waals surface area contributed by atoms with E-state index in [1.807, 2.05) is 30.3 Å². The van der Waals surface area contributed by atoms with Crippen LogP contribution in [-0.2, 0) is 22.7 Å². The zero-order chi connectivity index (χ0) is 26.2. The van der Waals surface area contributed by atoms with Crippen LogP contribution >= 0.6 is 12.1 Å². The Balaban J connectivity index is 0.000000840. The van der Waals surface area contributed by atoms with Crippen molar-refractivity contribution in [3.63, 3.8) is 0 Å². The van der Waals surface area contributed by atoms with Crippen molar-refractivity contribution >= 4 is 36.3 Å². The van der Waals surface area contributed by atoms with E-state index in [0.29, 0.717) is 42.9 Å². The SMILES string of the molecule is CN(C)C.NC(=O)C1CCN(SNc2cccc(CN3Cc4ccc(OC=O)cc4OC3=O)c2F)C1. The molecule has 4 rings (SSSR count). The first-order valence-corrected chi connectivity index (χ1v) is 12.0. The van der Waals surface area contributed by atoms with E-state index in [1.165, 1.54) is 23.1 Å². The van der Waals surface area contributed by atoms with Gasteiger partial charge < -0.3 is 24.8 Å². The molecule has 10 nitrogen and oxygen atoms in total. The second-order valence-electron chi connectivity index (χ2n) is 8.80. The Morgan fingerprint density at radius 2 is 2.08 bits per heavy atom. The summed E-state index contributed by atoms with van der Waals surface area (Å²) in [5, 5.41) is 0. The quantitative estimate of drug-likeness (QED) is 0.401. The van der Waals surface area contributed by atoms with Crippen LogP contribution in [0, 0.1) is 11.7 Å². The van der Waals surface area contributed by atoms with E-state index in [9.17, 15) is 14.4 Å². The standard InChI is InChI=1S/C21H21FN4O5S.C3H9N/c22-19-14(2-1-3-17(19)24-32-26-7-6-15(11-26)20(23)28)10-25-9-13-4-5-16(30-12-27)8-18(13)31-21(25)29;1-4(2)3/h1-5,8,12,15,24H,6-7,9-11H2,(H2,23,28);1-3H3. The summed E-state index contributed by atoms with van der Waals surface area (Å²) in [5.41, 5.74) is 6.66. The predicted octanol–water partition coefficient (Wildman–Crippen LogP) is 2.84. The van der Waals surface area contributed by atoms with Crippen LogP contribution in [0.2, 0.25) is 0 Å². The highest BCUT2D eigenvalue weighted by Gasteiger charge is 2.28. The number of hydrogen-bond donors (Lipinski definition) is 2. The van der Waals surface area contributed by atoms with Crippen molar-refractivity contribution in [2.45, 2.75) is 19.5 Å². The normalized spacial score (nSPS) is 17.1. The molecule has 2 aromatic rings. The third-order valence-corrected chi connectivity index (χ3v) is 6.22. The molecule has 1 unspecified atom stereocenters. The Morgan fingerprint density at radius 3 is 2.75 bits per heavy atom. The zero-order valence-electron chi connectivity index (χ0n) is 20.4. The van der Waals surface area contributed by atoms with Gasteiger partial charge in [0.15, 0.2) is 5.82 Å². The molecule has 0 radical (unpaired) electrons. The van der Waals surface area contributed by atoms with Crippen LogP contribution in [0.3, 0.4) is 0 Å². The maximum absolute atomic E-state index is 15.1. The van der Waals surface area contributed by atoms with Crippen LogP contribution in [0.5, 0.6) is 11.5 Å². The van der Waals surface area contributed by atoms with E-state index in [0.717, 1.165) is 0 Å². The number of rotatable bonds is 8. The monoisotopic (exact) mass is 519 g/mol. The molecule has 1 atom stereocenters. The van der Waals surface area contributed by atoms with Gasteiger partial charge in [-0.2, -0.15) is 0 Å². The third kappa shape index (κ3) is 7.33. The molecule has 0 aromatic heterocycles. The van der Waals surface area contributed by atoms with Crippen LogP contribution in [0.15, 0.2) is 36.4 Å². The van der Waals surface area contributed by atoms with E-state index in [-0.39, 0.29) is 36.4 Å². The number of nitrogens with two attached hydrogens (primary N) is 1. The van der Waals surface area contributed by atoms with E-state index >= 15 is 4.39 Å². The summed E-state index contributed by atoms with van der Waals surface area (Å²) in [6.45, 7) is 1.72. The molecule has 0 spiro atoms. The van der Waals surface area contributed by atoms with Gasteiger partial charge in [-0.15, -0.1) is 0 Å². The lowest BCUT2D eigenvalue weighted by molar-refractivity contribution is -0.121. The minimum absolute atomic E-state index is 0.0182. The highest BCUT2D eigenvalue weighted by atomic mass is 32.2. The summed E-state index contributed by atoms with van der Waals surface area (Å²) in [5.74, 6) is -0.433. The number of halogens is 1. The lowest BCUT2D eigenvalue weighted by Gasteiger charge is -2.28. The van der Waals surface area contributed by atoms with Gasteiger partial charge in [0.25, 0.3) is 6.47 Å². The number of ether oxygens (including phenoxy) is 2. The molecule has 0 saturated carbocycles. The maximum Gasteiger partial charge on any atom is 0.415 e. The van der Waals surface area contributed by atoms with Crippen LogP contribution in [-0.4, -0.2) is 66.8 Å². The highest BCUT2D eigenvalue weighted by Crippen LogP contribution is 2.32. The van der Waals surface area contributed by atoms with E-state index in [1.54, 1.807) is 30.3 Å². The van der Waals surface area contributed by atoms with Crippen LogP contribution < -0.4 is 19.9 Å². The number of amides is 2. The second-order valence-corrected chi connectivity index (χ2v) is 9.70. The number of carbonyl (C=O) groups is 3. The van der Waals surface area contributed by atoms with Crippen LogP contribution in [0.4, 0.5) is 14.9 Å². The number of nitrogens with zero attached hydrogens (tertiary/aromatic N) is 3. The molecular formula is C24H30FN5O5S. The van der Waals surface area contributed by atoms with Crippen molar-refractivity contribution < 1.29 is 28.2 Å². The molecule has 3 N–H and O–H groups in total. The fraction of sp³-hybridized carbons (Fsp3) is 0.375. The first kappa shape index (κ1) is 27.2. The lowest BCUT2D eigenvalue weighted by Crippen LogP contribution is -2.36. The number of fused-ring (bicyclic) bond motifs is 1. The number of carbonyl (C=O) groups excluding carboxylic acids is 3. The molecule has 12 heteroatoms. The molecule has 2 amide bonds. The Hall–Kier alpha value is -3.35. The van der Waals surface area contributed by atoms with Crippen molar-refractivity contribution in [1.82, 2.24) is 14.1 Å². The smallest absolute Gasteiger partial charge is 0.415 e. The topological polar surface area (TPSA) is 117 Å². The number of anilines is 1. The predicted molar refractivity (Wildman–Crippen MR) is 135 cm³/mol. The van der Waals surface area contributed by atoms with Crippen LogP contribution in [0.25, 0.3) is 0 Å². The van der Waals surface area contributed by atoms with Crippen LogP contribution in [0.1, 0.15) is 17.5 Å². The van der Waals surface area contributed by atoms with Gasteiger partial charge in [-0.1, -0.05) is 12.1 Å². The third-order valence-electron chi connectivity index (χ3n) is 5.32. The lowest BCUT2D eigenvalue weighted by atomic mass is 10.1. The van der Waals surface area contributed by atoms with E-state index in [4.69, 9.17) is 15.2 Å². The fourth-order valence-electron chi connectivity index (χ4n) is 3.58. The minimum atomic E-state index is -0.623. The van der Waals surface area contributed by atoms with Gasteiger partial charge >= 0.3 is 6.09 Å². The molecule has 2 aromatic carbocycles. The fourth-order valence-corrected chi connectivity index (χ4v) is 4.42. The Labute approximate surface area is 213 Å². The summed E-state index contributed by atoms with van der Waals surface area (Å²) < 4.78 is 30.1. The van der Waals surface area contributed by atoms with Crippen molar-refractivity contribution in [1.29, 1.82) is 0 Å².